The quantitative estimate of drug-likeness (QED) is 0.882. The zero-order chi connectivity index (χ0) is 13.7. The van der Waals surface area contributed by atoms with Gasteiger partial charge in [-0.05, 0) is 37.3 Å². The minimum Gasteiger partial charge on any atom is -0.381 e. The zero-order valence-electron chi connectivity index (χ0n) is 11.6. The van der Waals surface area contributed by atoms with Gasteiger partial charge in [-0.25, -0.2) is 0 Å². The van der Waals surface area contributed by atoms with Crippen LogP contribution in [-0.2, 0) is 9.53 Å². The molecule has 2 heterocycles. The number of pyridine rings is 1. The fourth-order valence-electron chi connectivity index (χ4n) is 2.31. The van der Waals surface area contributed by atoms with E-state index in [0.29, 0.717) is 13.2 Å². The van der Waals surface area contributed by atoms with Crippen LogP contribution in [0.3, 0.4) is 0 Å². The summed E-state index contributed by atoms with van der Waals surface area (Å²) in [5, 5.41) is 2.95. The van der Waals surface area contributed by atoms with E-state index in [1.54, 1.807) is 12.4 Å². The zero-order valence-corrected chi connectivity index (χ0v) is 12.4. The third-order valence-electron chi connectivity index (χ3n) is 3.62. The van der Waals surface area contributed by atoms with Crippen LogP contribution in [0, 0.1) is 5.92 Å². The number of carbonyl (C=O) groups excluding carboxylic acids is 1. The maximum Gasteiger partial charge on any atom is 0.237 e. The standard InChI is InChI=1S/C14H21N3O2.ClH/c1-10(12-3-2-6-16-9-12)17-14(18)13(15)11-4-7-19-8-5-11;/h2-3,6,9-11,13H,4-5,7-8,15H2,1H3,(H,17,18);1H. The van der Waals surface area contributed by atoms with Crippen LogP contribution in [0.15, 0.2) is 24.5 Å². The van der Waals surface area contributed by atoms with Crippen molar-refractivity contribution in [3.63, 3.8) is 0 Å². The van der Waals surface area contributed by atoms with Crippen molar-refractivity contribution in [2.45, 2.75) is 31.8 Å². The largest absolute Gasteiger partial charge is 0.381 e. The van der Waals surface area contributed by atoms with Crippen molar-refractivity contribution in [1.82, 2.24) is 10.3 Å². The summed E-state index contributed by atoms with van der Waals surface area (Å²) in [5.41, 5.74) is 7.02. The minimum atomic E-state index is -0.456. The maximum atomic E-state index is 12.1. The molecule has 1 aromatic rings. The molecule has 112 valence electrons. The summed E-state index contributed by atoms with van der Waals surface area (Å²) in [5.74, 6) is 0.123. The summed E-state index contributed by atoms with van der Waals surface area (Å²) in [4.78, 5) is 16.2. The molecule has 0 aliphatic carbocycles. The molecule has 1 aliphatic heterocycles. The van der Waals surface area contributed by atoms with Gasteiger partial charge in [0.2, 0.25) is 5.91 Å². The summed E-state index contributed by atoms with van der Waals surface area (Å²) in [6.45, 7) is 3.33. The van der Waals surface area contributed by atoms with Crippen LogP contribution >= 0.6 is 12.4 Å². The van der Waals surface area contributed by atoms with E-state index in [2.05, 4.69) is 10.3 Å². The van der Waals surface area contributed by atoms with Crippen molar-refractivity contribution < 1.29 is 9.53 Å². The first-order valence-electron chi connectivity index (χ1n) is 6.72. The Balaban J connectivity index is 0.00000200. The molecule has 3 N–H and O–H groups in total. The Morgan fingerprint density at radius 2 is 2.20 bits per heavy atom. The van der Waals surface area contributed by atoms with Crippen molar-refractivity contribution in [2.24, 2.45) is 11.7 Å². The molecule has 6 heteroatoms. The first kappa shape index (κ1) is 16.9. The van der Waals surface area contributed by atoms with Crippen LogP contribution in [-0.4, -0.2) is 30.1 Å². The highest BCUT2D eigenvalue weighted by molar-refractivity contribution is 5.85. The van der Waals surface area contributed by atoms with Gasteiger partial charge in [0.15, 0.2) is 0 Å². The summed E-state index contributed by atoms with van der Waals surface area (Å²) in [7, 11) is 0. The highest BCUT2D eigenvalue weighted by Crippen LogP contribution is 2.18. The van der Waals surface area contributed by atoms with Gasteiger partial charge in [-0.15, -0.1) is 12.4 Å². The first-order chi connectivity index (χ1) is 9.18. The van der Waals surface area contributed by atoms with Gasteiger partial charge in [-0.2, -0.15) is 0 Å². The van der Waals surface area contributed by atoms with Crippen LogP contribution < -0.4 is 11.1 Å². The second-order valence-electron chi connectivity index (χ2n) is 4.99. The second kappa shape index (κ2) is 8.19. The van der Waals surface area contributed by atoms with E-state index in [1.165, 1.54) is 0 Å². The molecule has 1 saturated heterocycles. The van der Waals surface area contributed by atoms with Crippen LogP contribution in [0.1, 0.15) is 31.4 Å². The number of ether oxygens (including phenoxy) is 1. The lowest BCUT2D eigenvalue weighted by molar-refractivity contribution is -0.125. The number of rotatable bonds is 4. The van der Waals surface area contributed by atoms with Crippen molar-refractivity contribution in [2.75, 3.05) is 13.2 Å². The number of halogens is 1. The SMILES string of the molecule is CC(NC(=O)C(N)C1CCOCC1)c1cccnc1.Cl. The Hall–Kier alpha value is -1.17. The molecule has 1 aliphatic rings. The summed E-state index contributed by atoms with van der Waals surface area (Å²) in [6.07, 6.45) is 5.18. The van der Waals surface area contributed by atoms with E-state index >= 15 is 0 Å². The Bertz CT molecular complexity index is 410. The van der Waals surface area contributed by atoms with Gasteiger partial charge in [-0.1, -0.05) is 6.07 Å². The second-order valence-corrected chi connectivity index (χ2v) is 4.99. The van der Waals surface area contributed by atoms with E-state index < -0.39 is 6.04 Å². The molecule has 0 bridgehead atoms. The molecule has 5 nitrogen and oxygen atoms in total. The number of aromatic nitrogens is 1. The van der Waals surface area contributed by atoms with E-state index in [4.69, 9.17) is 10.5 Å². The number of nitrogens with zero attached hydrogens (tertiary/aromatic N) is 1. The number of hydrogen-bond acceptors (Lipinski definition) is 4. The monoisotopic (exact) mass is 299 g/mol. The lowest BCUT2D eigenvalue weighted by Crippen LogP contribution is -2.47. The van der Waals surface area contributed by atoms with Gasteiger partial charge >= 0.3 is 0 Å². The highest BCUT2D eigenvalue weighted by atomic mass is 35.5. The molecule has 0 spiro atoms. The van der Waals surface area contributed by atoms with E-state index in [0.717, 1.165) is 18.4 Å². The molecule has 1 aromatic heterocycles. The topological polar surface area (TPSA) is 77.2 Å². The van der Waals surface area contributed by atoms with Crippen molar-refractivity contribution in [1.29, 1.82) is 0 Å². The van der Waals surface area contributed by atoms with Crippen LogP contribution in [0.2, 0.25) is 0 Å². The summed E-state index contributed by atoms with van der Waals surface area (Å²) < 4.78 is 5.28. The minimum absolute atomic E-state index is 0. The molecule has 0 radical (unpaired) electrons. The number of nitrogens with two attached hydrogens (primary N) is 1. The van der Waals surface area contributed by atoms with Gasteiger partial charge < -0.3 is 15.8 Å². The fraction of sp³-hybridized carbons (Fsp3) is 0.571. The molecule has 20 heavy (non-hydrogen) atoms. The van der Waals surface area contributed by atoms with Crippen LogP contribution in [0.25, 0.3) is 0 Å². The molecule has 1 amide bonds. The summed E-state index contributed by atoms with van der Waals surface area (Å²) >= 11 is 0. The van der Waals surface area contributed by atoms with Crippen molar-refractivity contribution >= 4 is 18.3 Å². The molecular formula is C14H22ClN3O2. The van der Waals surface area contributed by atoms with Gasteiger partial charge in [0.05, 0.1) is 12.1 Å². The average molecular weight is 300 g/mol. The Morgan fingerprint density at radius 1 is 1.50 bits per heavy atom. The number of amides is 1. The van der Waals surface area contributed by atoms with E-state index in [-0.39, 0.29) is 30.3 Å². The molecule has 0 aromatic carbocycles. The Morgan fingerprint density at radius 3 is 2.80 bits per heavy atom. The Kier molecular flexibility index (Phi) is 6.91. The molecule has 2 atom stereocenters. The average Bonchev–Trinajstić information content (AvgIpc) is 2.48. The summed E-state index contributed by atoms with van der Waals surface area (Å²) in [6, 6.07) is 3.27. The van der Waals surface area contributed by atoms with Gasteiger partial charge in [-0.3, -0.25) is 9.78 Å². The third kappa shape index (κ3) is 4.44. The predicted molar refractivity (Wildman–Crippen MR) is 79.6 cm³/mol. The lowest BCUT2D eigenvalue weighted by atomic mass is 9.91. The number of carbonyl (C=O) groups is 1. The smallest absolute Gasteiger partial charge is 0.237 e. The normalized spacial score (nSPS) is 18.7. The highest BCUT2D eigenvalue weighted by Gasteiger charge is 2.27. The van der Waals surface area contributed by atoms with Crippen LogP contribution in [0.4, 0.5) is 0 Å². The third-order valence-corrected chi connectivity index (χ3v) is 3.62. The van der Waals surface area contributed by atoms with E-state index in [1.807, 2.05) is 19.1 Å². The molecule has 2 unspecified atom stereocenters. The predicted octanol–water partition coefficient (Wildman–Crippen LogP) is 1.43. The number of nitrogens with one attached hydrogen (secondary N) is 1. The van der Waals surface area contributed by atoms with Gasteiger partial charge in [0.25, 0.3) is 0 Å². The number of hydrogen-bond donors (Lipinski definition) is 2. The lowest BCUT2D eigenvalue weighted by Gasteiger charge is -2.27. The van der Waals surface area contributed by atoms with Gasteiger partial charge in [0, 0.05) is 25.6 Å². The Labute approximate surface area is 125 Å². The molecule has 1 fully saturated rings. The van der Waals surface area contributed by atoms with Crippen molar-refractivity contribution in [3.8, 4) is 0 Å². The molecule has 0 saturated carbocycles. The van der Waals surface area contributed by atoms with Crippen LogP contribution in [0.5, 0.6) is 0 Å². The van der Waals surface area contributed by atoms with E-state index in [9.17, 15) is 4.79 Å². The van der Waals surface area contributed by atoms with Gasteiger partial charge in [0.1, 0.15) is 0 Å². The molecular weight excluding hydrogens is 278 g/mol. The maximum absolute atomic E-state index is 12.1. The first-order valence-corrected chi connectivity index (χ1v) is 6.72. The fourth-order valence-corrected chi connectivity index (χ4v) is 2.31. The molecule has 2 rings (SSSR count). The van der Waals surface area contributed by atoms with Crippen molar-refractivity contribution in [3.05, 3.63) is 30.1 Å².